The van der Waals surface area contributed by atoms with Crippen molar-refractivity contribution in [3.05, 3.63) is 94.4 Å². The van der Waals surface area contributed by atoms with Gasteiger partial charge < -0.3 is 10.1 Å². The maximum Gasteiger partial charge on any atom is 0.252 e. The molecule has 0 saturated carbocycles. The van der Waals surface area contributed by atoms with E-state index >= 15 is 0 Å². The van der Waals surface area contributed by atoms with Gasteiger partial charge in [-0.05, 0) is 25.1 Å². The van der Waals surface area contributed by atoms with Crippen LogP contribution < -0.4 is 10.1 Å². The van der Waals surface area contributed by atoms with Crippen LogP contribution >= 0.6 is 23.4 Å². The lowest BCUT2D eigenvalue weighted by Crippen LogP contribution is -2.16. The molecule has 0 fully saturated rings. The van der Waals surface area contributed by atoms with Gasteiger partial charge in [-0.15, -0.1) is 11.8 Å². The number of ether oxygens (including phenoxy) is 1. The summed E-state index contributed by atoms with van der Waals surface area (Å²) >= 11 is 7.85. The number of para-hydroxylation sites is 1. The second-order valence-electron chi connectivity index (χ2n) is 7.47. The Labute approximate surface area is 200 Å². The first-order valence-electron chi connectivity index (χ1n) is 10.4. The van der Waals surface area contributed by atoms with Crippen molar-refractivity contribution >= 4 is 35.1 Å². The minimum atomic E-state index is -0.168. The fraction of sp³-hybridized carbons (Fsp3) is 0.167. The van der Waals surface area contributed by atoms with E-state index in [0.717, 1.165) is 28.1 Å². The number of amides is 1. The third-order valence-corrected chi connectivity index (χ3v) is 6.91. The molecule has 1 unspecified atom stereocenters. The number of halogens is 1. The SMILES string of the molecule is Cc1nn(-c2ncccn2)c2c1C(c1ccccc1OCc1ccccc1Cl)SCC(=O)N2. The van der Waals surface area contributed by atoms with Gasteiger partial charge in [-0.3, -0.25) is 4.79 Å². The van der Waals surface area contributed by atoms with Gasteiger partial charge in [0.2, 0.25) is 5.91 Å². The number of aromatic nitrogens is 4. The summed E-state index contributed by atoms with van der Waals surface area (Å²) in [7, 11) is 0. The number of hydrogen-bond donors (Lipinski definition) is 1. The van der Waals surface area contributed by atoms with Crippen LogP contribution in [0.15, 0.2) is 67.0 Å². The largest absolute Gasteiger partial charge is 0.489 e. The first-order valence-corrected chi connectivity index (χ1v) is 11.8. The Morgan fingerprint density at radius 2 is 1.88 bits per heavy atom. The molecule has 1 N–H and O–H groups in total. The quantitative estimate of drug-likeness (QED) is 0.436. The van der Waals surface area contributed by atoms with Crippen LogP contribution in [0, 0.1) is 6.92 Å². The normalized spacial score (nSPS) is 15.5. The van der Waals surface area contributed by atoms with Crippen LogP contribution in [0.25, 0.3) is 5.95 Å². The van der Waals surface area contributed by atoms with Gasteiger partial charge in [-0.2, -0.15) is 9.78 Å². The van der Waals surface area contributed by atoms with Crippen LogP contribution in [0.2, 0.25) is 5.02 Å². The number of aryl methyl sites for hydroxylation is 1. The minimum Gasteiger partial charge on any atom is -0.489 e. The molecule has 0 spiro atoms. The molecule has 0 saturated heterocycles. The monoisotopic (exact) mass is 477 g/mol. The van der Waals surface area contributed by atoms with Gasteiger partial charge >= 0.3 is 0 Å². The van der Waals surface area contributed by atoms with Crippen molar-refractivity contribution < 1.29 is 9.53 Å². The molecule has 5 rings (SSSR count). The molecule has 0 aliphatic carbocycles. The number of rotatable bonds is 5. The fourth-order valence-corrected chi connectivity index (χ4v) is 5.18. The highest BCUT2D eigenvalue weighted by molar-refractivity contribution is 8.00. The maximum absolute atomic E-state index is 12.6. The van der Waals surface area contributed by atoms with Crippen molar-refractivity contribution in [2.24, 2.45) is 0 Å². The van der Waals surface area contributed by atoms with E-state index in [0.29, 0.717) is 29.1 Å². The number of carbonyl (C=O) groups excluding carboxylic acids is 1. The van der Waals surface area contributed by atoms with E-state index in [1.165, 1.54) is 11.8 Å². The molecule has 2 aromatic carbocycles. The number of anilines is 1. The Kier molecular flexibility index (Phi) is 6.02. The summed E-state index contributed by atoms with van der Waals surface area (Å²) in [6.07, 6.45) is 3.29. The van der Waals surface area contributed by atoms with E-state index in [2.05, 4.69) is 20.4 Å². The summed E-state index contributed by atoms with van der Waals surface area (Å²) in [6, 6.07) is 17.2. The topological polar surface area (TPSA) is 81.9 Å². The molecule has 1 atom stereocenters. The van der Waals surface area contributed by atoms with Gasteiger partial charge in [0.25, 0.3) is 5.95 Å². The molecule has 4 aromatic rings. The lowest BCUT2D eigenvalue weighted by Gasteiger charge is -2.19. The molecule has 0 radical (unpaired) electrons. The average Bonchev–Trinajstić information content (AvgIpc) is 3.04. The summed E-state index contributed by atoms with van der Waals surface area (Å²) < 4.78 is 7.81. The van der Waals surface area contributed by atoms with Gasteiger partial charge in [0.15, 0.2) is 0 Å². The first kappa shape index (κ1) is 21.5. The number of carbonyl (C=O) groups is 1. The van der Waals surface area contributed by atoms with Crippen molar-refractivity contribution in [1.82, 2.24) is 19.7 Å². The molecule has 0 bridgehead atoms. The highest BCUT2D eigenvalue weighted by atomic mass is 35.5. The summed E-state index contributed by atoms with van der Waals surface area (Å²) in [6.45, 7) is 2.27. The van der Waals surface area contributed by atoms with Crippen LogP contribution in [0.5, 0.6) is 5.75 Å². The number of nitrogens with zero attached hydrogens (tertiary/aromatic N) is 4. The zero-order valence-corrected chi connectivity index (χ0v) is 19.3. The number of benzene rings is 2. The van der Waals surface area contributed by atoms with E-state index in [-0.39, 0.29) is 11.2 Å². The highest BCUT2D eigenvalue weighted by Gasteiger charge is 2.32. The third-order valence-electron chi connectivity index (χ3n) is 5.29. The lowest BCUT2D eigenvalue weighted by atomic mass is 10.0. The Balaban J connectivity index is 1.56. The third kappa shape index (κ3) is 4.31. The van der Waals surface area contributed by atoms with Crippen molar-refractivity contribution in [3.8, 4) is 11.7 Å². The van der Waals surface area contributed by atoms with E-state index in [9.17, 15) is 4.79 Å². The van der Waals surface area contributed by atoms with Crippen LogP contribution in [-0.2, 0) is 11.4 Å². The van der Waals surface area contributed by atoms with Gasteiger partial charge in [0.05, 0.1) is 16.7 Å². The average molecular weight is 478 g/mol. The van der Waals surface area contributed by atoms with Crippen molar-refractivity contribution in [3.63, 3.8) is 0 Å². The van der Waals surface area contributed by atoms with E-state index in [4.69, 9.17) is 16.3 Å². The summed E-state index contributed by atoms with van der Waals surface area (Å²) in [5.41, 5.74) is 3.57. The zero-order valence-electron chi connectivity index (χ0n) is 17.7. The highest BCUT2D eigenvalue weighted by Crippen LogP contribution is 2.46. The number of hydrogen-bond acceptors (Lipinski definition) is 6. The van der Waals surface area contributed by atoms with E-state index in [1.807, 2.05) is 55.5 Å². The standard InChI is InChI=1S/C24H20ClN5O2S/c1-15-21-22(17-8-3-5-10-19(17)32-13-16-7-2-4-9-18(16)25)33-14-20(31)28-23(21)30(29-15)24-26-11-6-12-27-24/h2-12,22H,13-14H2,1H3,(H,28,31). The maximum atomic E-state index is 12.6. The number of fused-ring (bicyclic) bond motifs is 1. The molecule has 9 heteroatoms. The van der Waals surface area contributed by atoms with Gasteiger partial charge in [0.1, 0.15) is 18.2 Å². The first-order chi connectivity index (χ1) is 16.1. The smallest absolute Gasteiger partial charge is 0.252 e. The van der Waals surface area contributed by atoms with Crippen molar-refractivity contribution in [2.75, 3.05) is 11.1 Å². The molecule has 2 aromatic heterocycles. The van der Waals surface area contributed by atoms with E-state index < -0.39 is 0 Å². The summed E-state index contributed by atoms with van der Waals surface area (Å²) in [5, 5.41) is 8.15. The molecular weight excluding hydrogens is 458 g/mol. The van der Waals surface area contributed by atoms with Crippen molar-refractivity contribution in [2.45, 2.75) is 18.8 Å². The Morgan fingerprint density at radius 1 is 1.12 bits per heavy atom. The van der Waals surface area contributed by atoms with Crippen LogP contribution in [0.1, 0.15) is 27.6 Å². The second-order valence-corrected chi connectivity index (χ2v) is 8.97. The van der Waals surface area contributed by atoms with E-state index in [1.54, 1.807) is 23.1 Å². The predicted octanol–water partition coefficient (Wildman–Crippen LogP) is 4.98. The Morgan fingerprint density at radius 3 is 2.70 bits per heavy atom. The van der Waals surface area contributed by atoms with Gasteiger partial charge in [-0.25, -0.2) is 9.97 Å². The number of nitrogens with one attached hydrogen (secondary N) is 1. The zero-order chi connectivity index (χ0) is 22.8. The molecule has 33 heavy (non-hydrogen) atoms. The van der Waals surface area contributed by atoms with Crippen LogP contribution in [0.3, 0.4) is 0 Å². The van der Waals surface area contributed by atoms with Gasteiger partial charge in [0, 0.05) is 34.1 Å². The second kappa shape index (κ2) is 9.25. The predicted molar refractivity (Wildman–Crippen MR) is 129 cm³/mol. The Hall–Kier alpha value is -3.36. The van der Waals surface area contributed by atoms with Gasteiger partial charge in [-0.1, -0.05) is 48.0 Å². The lowest BCUT2D eigenvalue weighted by molar-refractivity contribution is -0.113. The fourth-order valence-electron chi connectivity index (χ4n) is 3.77. The molecule has 1 aliphatic rings. The molecule has 1 aliphatic heterocycles. The van der Waals surface area contributed by atoms with Crippen LogP contribution in [-0.4, -0.2) is 31.4 Å². The number of thioether (sulfide) groups is 1. The molecule has 166 valence electrons. The molecule has 7 nitrogen and oxygen atoms in total. The van der Waals surface area contributed by atoms with Crippen molar-refractivity contribution in [1.29, 1.82) is 0 Å². The summed E-state index contributed by atoms with van der Waals surface area (Å²) in [4.78, 5) is 21.2. The summed E-state index contributed by atoms with van der Waals surface area (Å²) in [5.74, 6) is 1.91. The minimum absolute atomic E-state index is 0.102. The van der Waals surface area contributed by atoms with Crippen LogP contribution in [0.4, 0.5) is 5.82 Å². The molecular formula is C24H20ClN5O2S. The molecule has 3 heterocycles. The molecule has 1 amide bonds. The Bertz CT molecular complexity index is 1310.